The fourth-order valence-electron chi connectivity index (χ4n) is 2.31. The van der Waals surface area contributed by atoms with Gasteiger partial charge in [-0.25, -0.2) is 8.78 Å². The molecule has 0 atom stereocenters. The van der Waals surface area contributed by atoms with Gasteiger partial charge >= 0.3 is 0 Å². The number of nitriles is 1. The number of H-pyrrole nitrogens is 1. The van der Waals surface area contributed by atoms with Crippen LogP contribution in [0.4, 0.5) is 14.5 Å². The number of anilines is 1. The predicted molar refractivity (Wildman–Crippen MR) is 92.6 cm³/mol. The molecule has 0 aliphatic carbocycles. The Labute approximate surface area is 147 Å². The second kappa shape index (κ2) is 7.40. The van der Waals surface area contributed by atoms with E-state index >= 15 is 0 Å². The molecule has 2 aromatic carbocycles. The van der Waals surface area contributed by atoms with E-state index in [1.807, 2.05) is 0 Å². The molecule has 1 heterocycles. The Morgan fingerprint density at radius 3 is 2.58 bits per heavy atom. The maximum atomic E-state index is 13.6. The Morgan fingerprint density at radius 1 is 1.15 bits per heavy atom. The first-order valence-corrected chi connectivity index (χ1v) is 7.55. The molecule has 2 N–H and O–H groups in total. The highest BCUT2D eigenvalue weighted by Crippen LogP contribution is 2.24. The zero-order valence-electron chi connectivity index (χ0n) is 13.3. The van der Waals surface area contributed by atoms with E-state index in [1.165, 1.54) is 42.6 Å². The van der Waals surface area contributed by atoms with Crippen LogP contribution in [0, 0.1) is 23.0 Å². The highest BCUT2D eigenvalue weighted by molar-refractivity contribution is 6.10. The first-order valence-electron chi connectivity index (χ1n) is 7.55. The first-order chi connectivity index (χ1) is 12.6. The van der Waals surface area contributed by atoms with Crippen molar-refractivity contribution in [3.8, 4) is 17.3 Å². The topological polar surface area (TPSA) is 81.6 Å². The number of benzene rings is 2. The minimum absolute atomic E-state index is 0.0235. The summed E-state index contributed by atoms with van der Waals surface area (Å²) < 4.78 is 26.7. The third-order valence-electron chi connectivity index (χ3n) is 3.59. The molecule has 3 rings (SSSR count). The summed E-state index contributed by atoms with van der Waals surface area (Å²) in [6.45, 7) is 0. The van der Waals surface area contributed by atoms with Gasteiger partial charge in [-0.1, -0.05) is 12.1 Å². The lowest BCUT2D eigenvalue weighted by molar-refractivity contribution is -0.112. The normalized spacial score (nSPS) is 11.0. The molecular weight excluding hydrogens is 338 g/mol. The van der Waals surface area contributed by atoms with Gasteiger partial charge in [0, 0.05) is 11.1 Å². The lowest BCUT2D eigenvalue weighted by Gasteiger charge is -2.05. The van der Waals surface area contributed by atoms with Crippen molar-refractivity contribution < 1.29 is 13.6 Å². The molecule has 0 saturated heterocycles. The van der Waals surface area contributed by atoms with Crippen LogP contribution >= 0.6 is 0 Å². The largest absolute Gasteiger partial charge is 0.319 e. The van der Waals surface area contributed by atoms with Crippen LogP contribution < -0.4 is 5.32 Å². The second-order valence-corrected chi connectivity index (χ2v) is 5.31. The number of nitrogens with zero attached hydrogens (tertiary/aromatic N) is 2. The van der Waals surface area contributed by atoms with E-state index in [2.05, 4.69) is 15.5 Å². The van der Waals surface area contributed by atoms with Crippen molar-refractivity contribution in [1.29, 1.82) is 5.26 Å². The Hall–Kier alpha value is -3.79. The van der Waals surface area contributed by atoms with E-state index in [1.54, 1.807) is 24.3 Å². The summed E-state index contributed by atoms with van der Waals surface area (Å²) in [4.78, 5) is 12.3. The molecule has 128 valence electrons. The lowest BCUT2D eigenvalue weighted by atomic mass is 10.1. The Kier molecular flexibility index (Phi) is 4.85. The monoisotopic (exact) mass is 350 g/mol. The molecule has 0 radical (unpaired) electrons. The third-order valence-corrected chi connectivity index (χ3v) is 3.59. The van der Waals surface area contributed by atoms with Crippen LogP contribution in [0.5, 0.6) is 0 Å². The van der Waals surface area contributed by atoms with Crippen molar-refractivity contribution in [2.45, 2.75) is 0 Å². The predicted octanol–water partition coefficient (Wildman–Crippen LogP) is 3.90. The molecular formula is C19H12F2N4O. The third kappa shape index (κ3) is 3.65. The number of para-hydroxylation sites is 1. The van der Waals surface area contributed by atoms with Crippen molar-refractivity contribution in [3.63, 3.8) is 0 Å². The maximum Gasteiger partial charge on any atom is 0.266 e. The number of halogens is 2. The van der Waals surface area contributed by atoms with E-state index in [-0.39, 0.29) is 17.1 Å². The van der Waals surface area contributed by atoms with Crippen LogP contribution in [0.25, 0.3) is 17.3 Å². The SMILES string of the molecule is N#C/C(=C\c1cn[nH]c1-c1ccc(F)cc1)C(=O)Nc1ccccc1F. The molecule has 0 bridgehead atoms. The van der Waals surface area contributed by atoms with Crippen molar-refractivity contribution in [3.05, 3.63) is 77.5 Å². The highest BCUT2D eigenvalue weighted by atomic mass is 19.1. The van der Waals surface area contributed by atoms with Gasteiger partial charge < -0.3 is 5.32 Å². The van der Waals surface area contributed by atoms with Crippen LogP contribution in [0.1, 0.15) is 5.56 Å². The Bertz CT molecular complexity index is 1020. The molecule has 0 aliphatic rings. The fraction of sp³-hybridized carbons (Fsp3) is 0. The summed E-state index contributed by atoms with van der Waals surface area (Å²) in [6, 6.07) is 13.1. The smallest absolute Gasteiger partial charge is 0.266 e. The van der Waals surface area contributed by atoms with Crippen molar-refractivity contribution in [2.75, 3.05) is 5.32 Å². The van der Waals surface area contributed by atoms with Gasteiger partial charge in [0.05, 0.1) is 17.6 Å². The van der Waals surface area contributed by atoms with Gasteiger partial charge in [-0.15, -0.1) is 0 Å². The number of nitrogens with one attached hydrogen (secondary N) is 2. The molecule has 26 heavy (non-hydrogen) atoms. The molecule has 7 heteroatoms. The van der Waals surface area contributed by atoms with Crippen LogP contribution in [0.3, 0.4) is 0 Å². The zero-order chi connectivity index (χ0) is 18.5. The van der Waals surface area contributed by atoms with Crippen LogP contribution in [0.2, 0.25) is 0 Å². The second-order valence-electron chi connectivity index (χ2n) is 5.31. The number of hydrogen-bond acceptors (Lipinski definition) is 3. The van der Waals surface area contributed by atoms with E-state index in [4.69, 9.17) is 0 Å². The number of carbonyl (C=O) groups excluding carboxylic acids is 1. The number of rotatable bonds is 4. The van der Waals surface area contributed by atoms with Crippen LogP contribution in [0.15, 0.2) is 60.3 Å². The average Bonchev–Trinajstić information content (AvgIpc) is 3.10. The maximum absolute atomic E-state index is 13.6. The average molecular weight is 350 g/mol. The summed E-state index contributed by atoms with van der Waals surface area (Å²) in [5.74, 6) is -1.73. The van der Waals surface area contributed by atoms with Crippen molar-refractivity contribution in [1.82, 2.24) is 10.2 Å². The molecule has 0 fully saturated rings. The molecule has 0 aliphatic heterocycles. The molecule has 0 saturated carbocycles. The molecule has 1 aromatic heterocycles. The van der Waals surface area contributed by atoms with Gasteiger partial charge in [-0.3, -0.25) is 9.89 Å². The first kappa shape index (κ1) is 17.0. The summed E-state index contributed by atoms with van der Waals surface area (Å²) in [5, 5.41) is 18.3. The van der Waals surface area contributed by atoms with E-state index in [0.717, 1.165) is 0 Å². The quantitative estimate of drug-likeness (QED) is 0.553. The fourth-order valence-corrected chi connectivity index (χ4v) is 2.31. The molecule has 1 amide bonds. The van der Waals surface area contributed by atoms with E-state index in [0.29, 0.717) is 16.8 Å². The van der Waals surface area contributed by atoms with Gasteiger partial charge in [-0.05, 0) is 42.5 Å². The van der Waals surface area contributed by atoms with Gasteiger partial charge in [0.25, 0.3) is 5.91 Å². The molecule has 0 spiro atoms. The minimum Gasteiger partial charge on any atom is -0.319 e. The van der Waals surface area contributed by atoms with E-state index in [9.17, 15) is 18.8 Å². The number of amides is 1. The zero-order valence-corrected chi connectivity index (χ0v) is 13.3. The van der Waals surface area contributed by atoms with Gasteiger partial charge in [0.2, 0.25) is 0 Å². The Balaban J connectivity index is 1.90. The number of carbonyl (C=O) groups is 1. The summed E-state index contributed by atoms with van der Waals surface area (Å²) in [5.41, 5.74) is 1.39. The highest BCUT2D eigenvalue weighted by Gasteiger charge is 2.14. The summed E-state index contributed by atoms with van der Waals surface area (Å²) >= 11 is 0. The number of hydrogen-bond donors (Lipinski definition) is 2. The van der Waals surface area contributed by atoms with Gasteiger partial charge in [-0.2, -0.15) is 10.4 Å². The summed E-state index contributed by atoms with van der Waals surface area (Å²) in [6.07, 6.45) is 2.77. The van der Waals surface area contributed by atoms with Gasteiger partial charge in [0.15, 0.2) is 0 Å². The van der Waals surface area contributed by atoms with Crippen molar-refractivity contribution >= 4 is 17.7 Å². The van der Waals surface area contributed by atoms with Crippen LogP contribution in [-0.4, -0.2) is 16.1 Å². The Morgan fingerprint density at radius 2 is 1.88 bits per heavy atom. The lowest BCUT2D eigenvalue weighted by Crippen LogP contribution is -2.14. The standard InChI is InChI=1S/C19H12F2N4O/c20-15-7-5-12(6-8-15)18-14(11-23-25-18)9-13(10-22)19(26)24-17-4-2-1-3-16(17)21/h1-9,11H,(H,23,25)(H,24,26)/b13-9+. The van der Waals surface area contributed by atoms with E-state index < -0.39 is 11.7 Å². The molecule has 5 nitrogen and oxygen atoms in total. The minimum atomic E-state index is -0.746. The number of aromatic amines is 1. The molecule has 3 aromatic rings. The number of aromatic nitrogens is 2. The van der Waals surface area contributed by atoms with Crippen molar-refractivity contribution in [2.24, 2.45) is 0 Å². The van der Waals surface area contributed by atoms with Gasteiger partial charge in [0.1, 0.15) is 23.3 Å². The van der Waals surface area contributed by atoms with Crippen LogP contribution in [-0.2, 0) is 4.79 Å². The molecule has 0 unspecified atom stereocenters. The summed E-state index contributed by atoms with van der Waals surface area (Å²) in [7, 11) is 0.